The molecule has 0 bridgehead atoms. The van der Waals surface area contributed by atoms with Crippen LogP contribution in [0.3, 0.4) is 0 Å². The van der Waals surface area contributed by atoms with Gasteiger partial charge < -0.3 is 5.11 Å². The van der Waals surface area contributed by atoms with Gasteiger partial charge in [0.2, 0.25) is 0 Å². The van der Waals surface area contributed by atoms with Crippen molar-refractivity contribution in [3.05, 3.63) is 35.4 Å². The fourth-order valence-electron chi connectivity index (χ4n) is 3.73. The number of nitrogens with zero attached hydrogens (tertiary/aromatic N) is 1. The summed E-state index contributed by atoms with van der Waals surface area (Å²) in [6.45, 7) is 3.39. The van der Waals surface area contributed by atoms with Gasteiger partial charge in [0.05, 0.1) is 5.41 Å². The van der Waals surface area contributed by atoms with Crippen molar-refractivity contribution in [2.75, 3.05) is 13.1 Å². The molecule has 20 heavy (non-hydrogen) atoms. The second kappa shape index (κ2) is 5.57. The first-order chi connectivity index (χ1) is 9.71. The third-order valence-electron chi connectivity index (χ3n) is 4.98. The van der Waals surface area contributed by atoms with E-state index >= 15 is 0 Å². The summed E-state index contributed by atoms with van der Waals surface area (Å²) in [6, 6.07) is 8.34. The summed E-state index contributed by atoms with van der Waals surface area (Å²) in [6.07, 6.45) is 6.24. The first-order valence-corrected chi connectivity index (χ1v) is 7.76. The van der Waals surface area contributed by atoms with Gasteiger partial charge in [-0.2, -0.15) is 0 Å². The Morgan fingerprint density at radius 3 is 2.20 bits per heavy atom. The molecule has 1 saturated carbocycles. The van der Waals surface area contributed by atoms with Crippen molar-refractivity contribution in [3.63, 3.8) is 0 Å². The lowest BCUT2D eigenvalue weighted by Crippen LogP contribution is -2.32. The van der Waals surface area contributed by atoms with Gasteiger partial charge in [0.15, 0.2) is 0 Å². The summed E-state index contributed by atoms with van der Waals surface area (Å²) < 4.78 is 0. The van der Waals surface area contributed by atoms with E-state index in [0.717, 1.165) is 37.8 Å². The highest BCUT2D eigenvalue weighted by Gasteiger charge is 2.42. The van der Waals surface area contributed by atoms with Crippen LogP contribution < -0.4 is 0 Å². The lowest BCUT2D eigenvalue weighted by atomic mass is 9.79. The van der Waals surface area contributed by atoms with Crippen molar-refractivity contribution in [2.24, 2.45) is 0 Å². The van der Waals surface area contributed by atoms with Gasteiger partial charge in [-0.25, -0.2) is 0 Å². The van der Waals surface area contributed by atoms with Crippen LogP contribution in [-0.2, 0) is 16.8 Å². The normalized spacial score (nSPS) is 22.2. The number of aliphatic carboxylic acids is 1. The van der Waals surface area contributed by atoms with Crippen LogP contribution in [0.5, 0.6) is 0 Å². The molecule has 3 rings (SSSR count). The van der Waals surface area contributed by atoms with Crippen molar-refractivity contribution in [3.8, 4) is 0 Å². The maximum atomic E-state index is 11.7. The molecule has 0 amide bonds. The van der Waals surface area contributed by atoms with Gasteiger partial charge in [-0.1, -0.05) is 37.1 Å². The molecule has 0 unspecified atom stereocenters. The maximum absolute atomic E-state index is 11.7. The first kappa shape index (κ1) is 13.6. The molecule has 0 aromatic heterocycles. The van der Waals surface area contributed by atoms with E-state index < -0.39 is 11.4 Å². The van der Waals surface area contributed by atoms with Gasteiger partial charge in [-0.05, 0) is 49.9 Å². The molecule has 1 heterocycles. The van der Waals surface area contributed by atoms with E-state index in [4.69, 9.17) is 0 Å². The van der Waals surface area contributed by atoms with Gasteiger partial charge in [-0.3, -0.25) is 9.69 Å². The summed E-state index contributed by atoms with van der Waals surface area (Å²) in [4.78, 5) is 14.1. The second-order valence-electron chi connectivity index (χ2n) is 6.27. The van der Waals surface area contributed by atoms with Crippen molar-refractivity contribution >= 4 is 5.97 Å². The number of likely N-dealkylation sites (tertiary alicyclic amines) is 1. The highest BCUT2D eigenvalue weighted by molar-refractivity contribution is 5.81. The molecular formula is C17H23NO2. The lowest BCUT2D eigenvalue weighted by molar-refractivity contribution is -0.143. The monoisotopic (exact) mass is 273 g/mol. The van der Waals surface area contributed by atoms with E-state index in [1.54, 1.807) is 0 Å². The summed E-state index contributed by atoms with van der Waals surface area (Å²) in [5.74, 6) is -0.651. The molecule has 0 spiro atoms. The molecule has 1 aliphatic heterocycles. The molecule has 2 aliphatic rings. The van der Waals surface area contributed by atoms with Crippen LogP contribution in [0.4, 0.5) is 0 Å². The summed E-state index contributed by atoms with van der Waals surface area (Å²) >= 11 is 0. The molecule has 0 atom stereocenters. The Morgan fingerprint density at radius 1 is 1.05 bits per heavy atom. The standard InChI is InChI=1S/C17H23NO2/c19-16(20)17(9-1-2-10-17)15-7-5-14(6-8-15)13-18-11-3-4-12-18/h5-8H,1-4,9-13H2,(H,19,20). The van der Waals surface area contributed by atoms with Crippen LogP contribution in [0.15, 0.2) is 24.3 Å². The molecule has 3 heteroatoms. The first-order valence-electron chi connectivity index (χ1n) is 7.76. The predicted octanol–water partition coefficient (Wildman–Crippen LogP) is 3.18. The quantitative estimate of drug-likeness (QED) is 0.916. The molecule has 1 aromatic rings. The fraction of sp³-hybridized carbons (Fsp3) is 0.588. The van der Waals surface area contributed by atoms with Gasteiger partial charge in [-0.15, -0.1) is 0 Å². The third-order valence-corrected chi connectivity index (χ3v) is 4.98. The number of carboxylic acids is 1. The van der Waals surface area contributed by atoms with Crippen molar-refractivity contribution < 1.29 is 9.90 Å². The van der Waals surface area contributed by atoms with E-state index in [1.807, 2.05) is 12.1 Å². The molecule has 1 aliphatic carbocycles. The zero-order valence-electron chi connectivity index (χ0n) is 12.0. The Kier molecular flexibility index (Phi) is 3.79. The molecule has 108 valence electrons. The van der Waals surface area contributed by atoms with Crippen LogP contribution in [-0.4, -0.2) is 29.1 Å². The fourth-order valence-corrected chi connectivity index (χ4v) is 3.73. The number of hydrogen-bond acceptors (Lipinski definition) is 2. The van der Waals surface area contributed by atoms with Crippen LogP contribution in [0.25, 0.3) is 0 Å². The Morgan fingerprint density at radius 2 is 1.65 bits per heavy atom. The lowest BCUT2D eigenvalue weighted by Gasteiger charge is -2.25. The topological polar surface area (TPSA) is 40.5 Å². The van der Waals surface area contributed by atoms with E-state index in [2.05, 4.69) is 17.0 Å². The minimum Gasteiger partial charge on any atom is -0.481 e. The minimum atomic E-state index is -0.651. The zero-order valence-corrected chi connectivity index (χ0v) is 12.0. The SMILES string of the molecule is O=C(O)C1(c2ccc(CN3CCCC3)cc2)CCCC1. The smallest absolute Gasteiger partial charge is 0.314 e. The molecule has 1 N–H and O–H groups in total. The summed E-state index contributed by atoms with van der Waals surface area (Å²) in [7, 11) is 0. The Hall–Kier alpha value is -1.35. The molecular weight excluding hydrogens is 250 g/mol. The third kappa shape index (κ3) is 2.47. The second-order valence-corrected chi connectivity index (χ2v) is 6.27. The highest BCUT2D eigenvalue weighted by Crippen LogP contribution is 2.41. The summed E-state index contributed by atoms with van der Waals surface area (Å²) in [5.41, 5.74) is 1.67. The minimum absolute atomic E-state index is 0.619. The Balaban J connectivity index is 1.76. The molecule has 2 fully saturated rings. The van der Waals surface area contributed by atoms with Crippen LogP contribution >= 0.6 is 0 Å². The van der Waals surface area contributed by atoms with Gasteiger partial charge in [0, 0.05) is 6.54 Å². The van der Waals surface area contributed by atoms with Crippen molar-refractivity contribution in [1.82, 2.24) is 4.90 Å². The summed E-state index contributed by atoms with van der Waals surface area (Å²) in [5, 5.41) is 9.61. The van der Waals surface area contributed by atoms with E-state index in [9.17, 15) is 9.90 Å². The van der Waals surface area contributed by atoms with Crippen molar-refractivity contribution in [1.29, 1.82) is 0 Å². The number of carboxylic acid groups (broad SMARTS) is 1. The average molecular weight is 273 g/mol. The highest BCUT2D eigenvalue weighted by atomic mass is 16.4. The number of hydrogen-bond donors (Lipinski definition) is 1. The van der Waals surface area contributed by atoms with Crippen molar-refractivity contribution in [2.45, 2.75) is 50.5 Å². The Bertz CT molecular complexity index is 468. The number of carbonyl (C=O) groups is 1. The van der Waals surface area contributed by atoms with Gasteiger partial charge in [0.25, 0.3) is 0 Å². The Labute approximate surface area is 120 Å². The van der Waals surface area contributed by atoms with Gasteiger partial charge >= 0.3 is 5.97 Å². The molecule has 0 radical (unpaired) electrons. The average Bonchev–Trinajstić information content (AvgIpc) is 3.10. The molecule has 1 aromatic carbocycles. The number of rotatable bonds is 4. The predicted molar refractivity (Wildman–Crippen MR) is 78.7 cm³/mol. The van der Waals surface area contributed by atoms with Crippen LogP contribution in [0.1, 0.15) is 49.7 Å². The molecule has 3 nitrogen and oxygen atoms in total. The number of benzene rings is 1. The van der Waals surface area contributed by atoms with Crippen LogP contribution in [0.2, 0.25) is 0 Å². The van der Waals surface area contributed by atoms with Gasteiger partial charge in [0.1, 0.15) is 0 Å². The van der Waals surface area contributed by atoms with E-state index in [-0.39, 0.29) is 0 Å². The maximum Gasteiger partial charge on any atom is 0.314 e. The van der Waals surface area contributed by atoms with Crippen LogP contribution in [0, 0.1) is 0 Å². The molecule has 1 saturated heterocycles. The largest absolute Gasteiger partial charge is 0.481 e. The van der Waals surface area contributed by atoms with E-state index in [1.165, 1.54) is 31.5 Å². The van der Waals surface area contributed by atoms with E-state index in [0.29, 0.717) is 0 Å². The zero-order chi connectivity index (χ0) is 14.0.